The van der Waals surface area contributed by atoms with Crippen molar-refractivity contribution < 1.29 is 19.1 Å². The summed E-state index contributed by atoms with van der Waals surface area (Å²) in [5, 5.41) is 0. The van der Waals surface area contributed by atoms with Crippen LogP contribution in [0.15, 0.2) is 0 Å². The molecule has 0 aromatic carbocycles. The first kappa shape index (κ1) is 13.5. The van der Waals surface area contributed by atoms with Gasteiger partial charge in [0.2, 0.25) is 5.91 Å². The van der Waals surface area contributed by atoms with Crippen molar-refractivity contribution in [3.05, 3.63) is 0 Å². The summed E-state index contributed by atoms with van der Waals surface area (Å²) in [6, 6.07) is 0. The first-order chi connectivity index (χ1) is 8.75. The van der Waals surface area contributed by atoms with E-state index in [1.807, 2.05) is 0 Å². The molecule has 2 fully saturated rings. The molecule has 2 aliphatic rings. The first-order valence-corrected chi connectivity index (χ1v) is 6.74. The molecule has 1 atom stereocenters. The topological polar surface area (TPSA) is 55.8 Å². The number of amides is 1. The van der Waals surface area contributed by atoms with Crippen LogP contribution >= 0.6 is 0 Å². The number of carbonyl (C=O) groups is 2. The molecule has 2 heterocycles. The average molecular weight is 255 g/mol. The Morgan fingerprint density at radius 3 is 2.78 bits per heavy atom. The Hall–Kier alpha value is -0.940. The highest BCUT2D eigenvalue weighted by Gasteiger charge is 2.21. The number of hydrogen-bond acceptors (Lipinski definition) is 4. The molecule has 0 aromatic heterocycles. The van der Waals surface area contributed by atoms with Crippen LogP contribution < -0.4 is 0 Å². The van der Waals surface area contributed by atoms with Gasteiger partial charge in [-0.3, -0.25) is 9.59 Å². The third kappa shape index (κ3) is 4.07. The number of Topliss-reactive ketones (excluding diaryl/α,β-unsaturated/α-hetero) is 1. The number of piperidine rings is 1. The van der Waals surface area contributed by atoms with Crippen molar-refractivity contribution >= 4 is 11.7 Å². The van der Waals surface area contributed by atoms with Gasteiger partial charge in [0, 0.05) is 32.5 Å². The van der Waals surface area contributed by atoms with Gasteiger partial charge in [-0.05, 0) is 19.3 Å². The predicted octanol–water partition coefficient (Wildman–Crippen LogP) is 0.764. The first-order valence-electron chi connectivity index (χ1n) is 6.74. The lowest BCUT2D eigenvalue weighted by Gasteiger charge is -2.27. The molecule has 1 amide bonds. The Bertz CT molecular complexity index is 289. The Labute approximate surface area is 107 Å². The number of hydrogen-bond donors (Lipinski definition) is 0. The fourth-order valence-corrected chi connectivity index (χ4v) is 2.31. The number of nitrogens with zero attached hydrogens (tertiary/aromatic N) is 1. The van der Waals surface area contributed by atoms with Crippen LogP contribution in [0.5, 0.6) is 0 Å². The van der Waals surface area contributed by atoms with Crippen molar-refractivity contribution in [2.45, 2.75) is 38.2 Å². The van der Waals surface area contributed by atoms with Gasteiger partial charge in [-0.15, -0.1) is 0 Å². The van der Waals surface area contributed by atoms with Crippen LogP contribution in [0.25, 0.3) is 0 Å². The van der Waals surface area contributed by atoms with E-state index in [-0.39, 0.29) is 24.4 Å². The normalized spacial score (nSPS) is 25.2. The van der Waals surface area contributed by atoms with Crippen LogP contribution in [0.4, 0.5) is 0 Å². The number of ether oxygens (including phenoxy) is 2. The van der Waals surface area contributed by atoms with Crippen LogP contribution in [-0.4, -0.2) is 55.6 Å². The molecule has 0 spiro atoms. The van der Waals surface area contributed by atoms with Crippen molar-refractivity contribution in [1.82, 2.24) is 4.90 Å². The third-order valence-corrected chi connectivity index (χ3v) is 3.48. The van der Waals surface area contributed by atoms with E-state index in [1.54, 1.807) is 4.90 Å². The molecule has 0 bridgehead atoms. The summed E-state index contributed by atoms with van der Waals surface area (Å²) in [6.45, 7) is 2.49. The summed E-state index contributed by atoms with van der Waals surface area (Å²) in [6.07, 6.45) is 4.43. The lowest BCUT2D eigenvalue weighted by Crippen LogP contribution is -2.41. The van der Waals surface area contributed by atoms with Gasteiger partial charge in [-0.2, -0.15) is 0 Å². The molecular formula is C13H21NO4. The van der Waals surface area contributed by atoms with Gasteiger partial charge in [0.05, 0.1) is 12.7 Å². The summed E-state index contributed by atoms with van der Waals surface area (Å²) in [5.74, 6) is 0.230. The number of carbonyl (C=O) groups excluding carboxylic acids is 2. The van der Waals surface area contributed by atoms with E-state index in [4.69, 9.17) is 9.47 Å². The van der Waals surface area contributed by atoms with E-state index >= 15 is 0 Å². The minimum absolute atomic E-state index is 0.0155. The van der Waals surface area contributed by atoms with E-state index in [1.165, 1.54) is 6.42 Å². The van der Waals surface area contributed by atoms with Gasteiger partial charge in [-0.1, -0.05) is 0 Å². The molecule has 0 radical (unpaired) electrons. The molecule has 5 heteroatoms. The predicted molar refractivity (Wildman–Crippen MR) is 65.2 cm³/mol. The van der Waals surface area contributed by atoms with Gasteiger partial charge >= 0.3 is 0 Å². The maximum absolute atomic E-state index is 11.8. The number of ketones is 1. The third-order valence-electron chi connectivity index (χ3n) is 3.48. The maximum Gasteiger partial charge on any atom is 0.248 e. The SMILES string of the molecule is O=C1CCN(C(=O)COCC2CCCCO2)CC1. The zero-order chi connectivity index (χ0) is 12.8. The molecule has 0 saturated carbocycles. The second-order valence-electron chi connectivity index (χ2n) is 4.92. The molecule has 2 rings (SSSR count). The fourth-order valence-electron chi connectivity index (χ4n) is 2.31. The smallest absolute Gasteiger partial charge is 0.248 e. The zero-order valence-corrected chi connectivity index (χ0v) is 10.7. The van der Waals surface area contributed by atoms with Crippen LogP contribution in [-0.2, 0) is 19.1 Å². The molecule has 2 saturated heterocycles. The highest BCUT2D eigenvalue weighted by atomic mass is 16.5. The van der Waals surface area contributed by atoms with Gasteiger partial charge < -0.3 is 14.4 Å². The van der Waals surface area contributed by atoms with Crippen molar-refractivity contribution in [2.75, 3.05) is 32.9 Å². The molecule has 0 aliphatic carbocycles. The van der Waals surface area contributed by atoms with Crippen molar-refractivity contribution in [3.63, 3.8) is 0 Å². The van der Waals surface area contributed by atoms with Gasteiger partial charge in [0.15, 0.2) is 0 Å². The maximum atomic E-state index is 11.8. The largest absolute Gasteiger partial charge is 0.376 e. The Morgan fingerprint density at radius 2 is 2.11 bits per heavy atom. The monoisotopic (exact) mass is 255 g/mol. The highest BCUT2D eigenvalue weighted by Crippen LogP contribution is 2.13. The fraction of sp³-hybridized carbons (Fsp3) is 0.846. The molecule has 1 unspecified atom stereocenters. The standard InChI is InChI=1S/C13H21NO4/c15-11-4-6-14(7-5-11)13(16)10-17-9-12-3-1-2-8-18-12/h12H,1-10H2. The number of rotatable bonds is 4. The molecule has 0 N–H and O–H groups in total. The Balaban J connectivity index is 1.60. The minimum Gasteiger partial charge on any atom is -0.376 e. The molecule has 5 nitrogen and oxygen atoms in total. The Kier molecular flexibility index (Phi) is 5.13. The summed E-state index contributed by atoms with van der Waals surface area (Å²) in [5.41, 5.74) is 0. The average Bonchev–Trinajstić information content (AvgIpc) is 2.40. The van der Waals surface area contributed by atoms with Gasteiger partial charge in [0.1, 0.15) is 12.4 Å². The lowest BCUT2D eigenvalue weighted by molar-refractivity contribution is -0.140. The number of likely N-dealkylation sites (tertiary alicyclic amines) is 1. The second kappa shape index (κ2) is 6.85. The second-order valence-corrected chi connectivity index (χ2v) is 4.92. The summed E-state index contributed by atoms with van der Waals surface area (Å²) < 4.78 is 10.9. The van der Waals surface area contributed by atoms with E-state index in [0.29, 0.717) is 32.5 Å². The highest BCUT2D eigenvalue weighted by molar-refractivity contribution is 5.83. The molecule has 18 heavy (non-hydrogen) atoms. The van der Waals surface area contributed by atoms with E-state index in [0.717, 1.165) is 19.4 Å². The van der Waals surface area contributed by atoms with Gasteiger partial charge in [-0.25, -0.2) is 0 Å². The molecule has 2 aliphatic heterocycles. The molecule has 0 aromatic rings. The molecular weight excluding hydrogens is 234 g/mol. The zero-order valence-electron chi connectivity index (χ0n) is 10.7. The molecule has 102 valence electrons. The van der Waals surface area contributed by atoms with Crippen molar-refractivity contribution in [3.8, 4) is 0 Å². The van der Waals surface area contributed by atoms with Crippen molar-refractivity contribution in [1.29, 1.82) is 0 Å². The van der Waals surface area contributed by atoms with E-state index < -0.39 is 0 Å². The minimum atomic E-state index is -0.0155. The van der Waals surface area contributed by atoms with Gasteiger partial charge in [0.25, 0.3) is 0 Å². The van der Waals surface area contributed by atoms with E-state index in [2.05, 4.69) is 0 Å². The summed E-state index contributed by atoms with van der Waals surface area (Å²) >= 11 is 0. The van der Waals surface area contributed by atoms with Crippen LogP contribution in [0.2, 0.25) is 0 Å². The van der Waals surface area contributed by atoms with Crippen LogP contribution in [0.3, 0.4) is 0 Å². The quantitative estimate of drug-likeness (QED) is 0.744. The van der Waals surface area contributed by atoms with E-state index in [9.17, 15) is 9.59 Å². The summed E-state index contributed by atoms with van der Waals surface area (Å²) in [4.78, 5) is 24.6. The van der Waals surface area contributed by atoms with Crippen molar-refractivity contribution in [2.24, 2.45) is 0 Å². The lowest BCUT2D eigenvalue weighted by atomic mass is 10.1. The Morgan fingerprint density at radius 1 is 1.33 bits per heavy atom. The van der Waals surface area contributed by atoms with Crippen LogP contribution in [0.1, 0.15) is 32.1 Å². The van der Waals surface area contributed by atoms with Crippen LogP contribution in [0, 0.1) is 0 Å². The summed E-state index contributed by atoms with van der Waals surface area (Å²) in [7, 11) is 0.